The average Bonchev–Trinajstić information content (AvgIpc) is 3.14. The summed E-state index contributed by atoms with van der Waals surface area (Å²) < 4.78 is 9.56. The van der Waals surface area contributed by atoms with Gasteiger partial charge in [0.2, 0.25) is 0 Å². The van der Waals surface area contributed by atoms with Crippen LogP contribution in [0.25, 0.3) is 0 Å². The molecule has 0 aromatic heterocycles. The minimum atomic E-state index is 0.426. The quantitative estimate of drug-likeness (QED) is 0.729. The molecule has 1 heterocycles. The van der Waals surface area contributed by atoms with Gasteiger partial charge in [-0.25, -0.2) is 0 Å². The molecule has 0 amide bonds. The highest BCUT2D eigenvalue weighted by Crippen LogP contribution is 2.16. The smallest absolute Gasteiger partial charge is 0.104 e. The fourth-order valence-corrected chi connectivity index (χ4v) is 1.37. The van der Waals surface area contributed by atoms with Crippen LogP contribution in [0.2, 0.25) is 0 Å². The van der Waals surface area contributed by atoms with E-state index in [4.69, 9.17) is 9.47 Å². The maximum atomic E-state index is 4.82. The van der Waals surface area contributed by atoms with Crippen LogP contribution in [-0.4, -0.2) is 26.4 Å². The van der Waals surface area contributed by atoms with E-state index in [2.05, 4.69) is 44.2 Å². The van der Waals surface area contributed by atoms with Crippen LogP contribution in [0.15, 0.2) is 30.3 Å². The molecule has 90 valence electrons. The molecule has 0 bridgehead atoms. The van der Waals surface area contributed by atoms with Crippen molar-refractivity contribution in [1.29, 1.82) is 0 Å². The van der Waals surface area contributed by atoms with Crippen molar-refractivity contribution in [2.75, 3.05) is 20.3 Å². The van der Waals surface area contributed by atoms with Crippen molar-refractivity contribution in [2.24, 2.45) is 0 Å². The molecule has 2 unspecified atom stereocenters. The van der Waals surface area contributed by atoms with Gasteiger partial charge in [0.1, 0.15) is 6.10 Å². The fraction of sp³-hybridized carbons (Fsp3) is 0.571. The molecule has 0 aliphatic carbocycles. The number of hydrogen-bond acceptors (Lipinski definition) is 2. The van der Waals surface area contributed by atoms with Crippen molar-refractivity contribution < 1.29 is 9.47 Å². The van der Waals surface area contributed by atoms with Crippen LogP contribution in [0, 0.1) is 0 Å². The predicted octanol–water partition coefficient (Wildman–Crippen LogP) is 3.23. The minimum Gasteiger partial charge on any atom is -0.382 e. The van der Waals surface area contributed by atoms with Crippen molar-refractivity contribution in [3.63, 3.8) is 0 Å². The Morgan fingerprint density at radius 3 is 2.38 bits per heavy atom. The summed E-state index contributed by atoms with van der Waals surface area (Å²) in [6.45, 7) is 6.14. The molecule has 1 saturated heterocycles. The van der Waals surface area contributed by atoms with Crippen LogP contribution < -0.4 is 0 Å². The Labute approximate surface area is 98.6 Å². The summed E-state index contributed by atoms with van der Waals surface area (Å²) in [6.07, 6.45) is 1.65. The van der Waals surface area contributed by atoms with Gasteiger partial charge in [0.25, 0.3) is 0 Å². The third-order valence-corrected chi connectivity index (χ3v) is 2.74. The van der Waals surface area contributed by atoms with Gasteiger partial charge in [-0.3, -0.25) is 0 Å². The molecule has 0 saturated carbocycles. The third kappa shape index (κ3) is 5.29. The molecule has 1 aliphatic rings. The molecule has 0 N–H and O–H groups in total. The van der Waals surface area contributed by atoms with Crippen molar-refractivity contribution in [3.8, 4) is 0 Å². The SMILES string of the molecule is CCC(C)c1ccccc1.COCC1CO1. The van der Waals surface area contributed by atoms with Gasteiger partial charge < -0.3 is 9.47 Å². The highest BCUT2D eigenvalue weighted by atomic mass is 16.6. The van der Waals surface area contributed by atoms with Gasteiger partial charge >= 0.3 is 0 Å². The van der Waals surface area contributed by atoms with Gasteiger partial charge in [-0.2, -0.15) is 0 Å². The summed E-state index contributed by atoms with van der Waals surface area (Å²) in [7, 11) is 1.68. The van der Waals surface area contributed by atoms with E-state index in [0.29, 0.717) is 12.0 Å². The lowest BCUT2D eigenvalue weighted by Gasteiger charge is -2.06. The zero-order chi connectivity index (χ0) is 11.8. The number of rotatable bonds is 4. The first-order valence-corrected chi connectivity index (χ1v) is 5.93. The molecule has 2 rings (SSSR count). The van der Waals surface area contributed by atoms with E-state index < -0.39 is 0 Å². The van der Waals surface area contributed by atoms with Crippen LogP contribution in [0.3, 0.4) is 0 Å². The van der Waals surface area contributed by atoms with E-state index in [1.807, 2.05) is 0 Å². The van der Waals surface area contributed by atoms with Gasteiger partial charge in [0.05, 0.1) is 13.2 Å². The molecule has 2 nitrogen and oxygen atoms in total. The van der Waals surface area contributed by atoms with Crippen molar-refractivity contribution in [1.82, 2.24) is 0 Å². The van der Waals surface area contributed by atoms with E-state index in [0.717, 1.165) is 13.2 Å². The molecular weight excluding hydrogens is 200 g/mol. The molecule has 0 radical (unpaired) electrons. The number of methoxy groups -OCH3 is 1. The Bertz CT molecular complexity index is 267. The Hall–Kier alpha value is -0.860. The fourth-order valence-electron chi connectivity index (χ4n) is 1.37. The normalized spacial score (nSPS) is 19.6. The van der Waals surface area contributed by atoms with Crippen LogP contribution >= 0.6 is 0 Å². The van der Waals surface area contributed by atoms with E-state index in [1.54, 1.807) is 7.11 Å². The highest BCUT2D eigenvalue weighted by molar-refractivity contribution is 5.18. The summed E-state index contributed by atoms with van der Waals surface area (Å²) in [5, 5.41) is 0. The maximum Gasteiger partial charge on any atom is 0.104 e. The van der Waals surface area contributed by atoms with Crippen LogP contribution in [0.4, 0.5) is 0 Å². The molecular formula is C14H22O2. The average molecular weight is 222 g/mol. The lowest BCUT2D eigenvalue weighted by molar-refractivity contribution is 0.171. The van der Waals surface area contributed by atoms with Crippen LogP contribution in [0.5, 0.6) is 0 Å². The van der Waals surface area contributed by atoms with Gasteiger partial charge in [-0.15, -0.1) is 0 Å². The first-order chi connectivity index (χ1) is 7.77. The summed E-state index contributed by atoms with van der Waals surface area (Å²) in [6, 6.07) is 10.6. The predicted molar refractivity (Wildman–Crippen MR) is 66.8 cm³/mol. The molecule has 0 spiro atoms. The van der Waals surface area contributed by atoms with Crippen molar-refractivity contribution >= 4 is 0 Å². The Morgan fingerprint density at radius 2 is 2.00 bits per heavy atom. The standard InChI is InChI=1S/C10H14.C4H8O2/c1-3-9(2)10-7-5-4-6-8-10;1-5-2-4-3-6-4/h4-9H,3H2,1-2H3;4H,2-3H2,1H3. The second kappa shape index (κ2) is 7.42. The number of hydrogen-bond donors (Lipinski definition) is 0. The topological polar surface area (TPSA) is 21.8 Å². The lowest BCUT2D eigenvalue weighted by Crippen LogP contribution is -1.94. The third-order valence-electron chi connectivity index (χ3n) is 2.74. The zero-order valence-electron chi connectivity index (χ0n) is 10.5. The first kappa shape index (κ1) is 13.2. The second-order valence-electron chi connectivity index (χ2n) is 4.13. The number of benzene rings is 1. The van der Waals surface area contributed by atoms with Gasteiger partial charge in [-0.1, -0.05) is 44.2 Å². The summed E-state index contributed by atoms with van der Waals surface area (Å²) in [5.74, 6) is 0.709. The first-order valence-electron chi connectivity index (χ1n) is 5.93. The molecule has 16 heavy (non-hydrogen) atoms. The lowest BCUT2D eigenvalue weighted by atomic mass is 9.99. The largest absolute Gasteiger partial charge is 0.382 e. The Kier molecular flexibility index (Phi) is 6.12. The van der Waals surface area contributed by atoms with Crippen LogP contribution in [0.1, 0.15) is 31.7 Å². The molecule has 2 atom stereocenters. The summed E-state index contributed by atoms with van der Waals surface area (Å²) in [4.78, 5) is 0. The van der Waals surface area contributed by atoms with Gasteiger partial charge in [-0.05, 0) is 17.9 Å². The number of epoxide rings is 1. The molecule has 1 aliphatic heterocycles. The summed E-state index contributed by atoms with van der Waals surface area (Å²) in [5.41, 5.74) is 1.45. The van der Waals surface area contributed by atoms with E-state index in [9.17, 15) is 0 Å². The molecule has 1 aromatic carbocycles. The van der Waals surface area contributed by atoms with Crippen molar-refractivity contribution in [3.05, 3.63) is 35.9 Å². The molecule has 1 aromatic rings. The monoisotopic (exact) mass is 222 g/mol. The molecule has 2 heteroatoms. The molecule has 1 fully saturated rings. The van der Waals surface area contributed by atoms with Gasteiger partial charge in [0, 0.05) is 7.11 Å². The van der Waals surface area contributed by atoms with Crippen LogP contribution in [-0.2, 0) is 9.47 Å². The van der Waals surface area contributed by atoms with E-state index in [-0.39, 0.29) is 0 Å². The maximum absolute atomic E-state index is 4.82. The Balaban J connectivity index is 0.000000181. The van der Waals surface area contributed by atoms with E-state index >= 15 is 0 Å². The van der Waals surface area contributed by atoms with Crippen molar-refractivity contribution in [2.45, 2.75) is 32.3 Å². The summed E-state index contributed by atoms with van der Waals surface area (Å²) >= 11 is 0. The van der Waals surface area contributed by atoms with Gasteiger partial charge in [0.15, 0.2) is 0 Å². The second-order valence-corrected chi connectivity index (χ2v) is 4.13. The Morgan fingerprint density at radius 1 is 1.38 bits per heavy atom. The number of ether oxygens (including phenoxy) is 2. The highest BCUT2D eigenvalue weighted by Gasteiger charge is 2.21. The minimum absolute atomic E-state index is 0.426. The zero-order valence-corrected chi connectivity index (χ0v) is 10.5. The van der Waals surface area contributed by atoms with E-state index in [1.165, 1.54) is 12.0 Å².